The number of benzene rings is 2. The number of carbonyl (C=O) groups is 1. The number of rotatable bonds is 3. The van der Waals surface area contributed by atoms with E-state index in [4.69, 9.17) is 0 Å². The van der Waals surface area contributed by atoms with Crippen LogP contribution in [0.3, 0.4) is 0 Å². The van der Waals surface area contributed by atoms with Gasteiger partial charge in [-0.1, -0.05) is 47.1 Å². The molecule has 102 valence electrons. The standard InChI is InChI=1S/C17H15BrO2/c1-17(11-5-4-6-12(18)9-11)10-14(17)16(20)13-7-2-3-8-15(13)19/h2-9,14,19H,10H2,1H3/t14-,17-/m1/s1. The van der Waals surface area contributed by atoms with Crippen molar-refractivity contribution in [2.24, 2.45) is 5.92 Å². The van der Waals surface area contributed by atoms with Gasteiger partial charge in [0.15, 0.2) is 5.78 Å². The zero-order chi connectivity index (χ0) is 14.3. The molecule has 0 unspecified atom stereocenters. The number of para-hydroxylation sites is 1. The lowest BCUT2D eigenvalue weighted by atomic mass is 9.92. The molecule has 0 aromatic heterocycles. The fraction of sp³-hybridized carbons (Fsp3) is 0.235. The molecule has 0 bridgehead atoms. The molecule has 0 spiro atoms. The van der Waals surface area contributed by atoms with Crippen LogP contribution in [-0.2, 0) is 5.41 Å². The normalized spacial score (nSPS) is 24.4. The summed E-state index contributed by atoms with van der Waals surface area (Å²) in [6.45, 7) is 2.11. The maximum Gasteiger partial charge on any atom is 0.170 e. The Balaban J connectivity index is 1.88. The first-order valence-corrected chi connectivity index (χ1v) is 7.40. The van der Waals surface area contributed by atoms with Crippen molar-refractivity contribution in [2.75, 3.05) is 0 Å². The summed E-state index contributed by atoms with van der Waals surface area (Å²) < 4.78 is 1.02. The van der Waals surface area contributed by atoms with E-state index < -0.39 is 0 Å². The monoisotopic (exact) mass is 330 g/mol. The van der Waals surface area contributed by atoms with Crippen molar-refractivity contribution < 1.29 is 9.90 Å². The van der Waals surface area contributed by atoms with Gasteiger partial charge in [-0.25, -0.2) is 0 Å². The van der Waals surface area contributed by atoms with E-state index in [0.717, 1.165) is 10.9 Å². The highest BCUT2D eigenvalue weighted by Crippen LogP contribution is 2.55. The van der Waals surface area contributed by atoms with Crippen LogP contribution >= 0.6 is 15.9 Å². The summed E-state index contributed by atoms with van der Waals surface area (Å²) in [6, 6.07) is 14.9. The first kappa shape index (κ1) is 13.4. The van der Waals surface area contributed by atoms with Gasteiger partial charge in [0.05, 0.1) is 5.56 Å². The van der Waals surface area contributed by atoms with Crippen LogP contribution in [0.25, 0.3) is 0 Å². The molecular formula is C17H15BrO2. The molecule has 2 nitrogen and oxygen atoms in total. The van der Waals surface area contributed by atoms with Crippen LogP contribution in [-0.4, -0.2) is 10.9 Å². The number of halogens is 1. The van der Waals surface area contributed by atoms with E-state index >= 15 is 0 Å². The van der Waals surface area contributed by atoms with Gasteiger partial charge in [-0.05, 0) is 36.2 Å². The van der Waals surface area contributed by atoms with Crippen LogP contribution in [0.5, 0.6) is 5.75 Å². The third-order valence-electron chi connectivity index (χ3n) is 4.21. The average molecular weight is 331 g/mol. The lowest BCUT2D eigenvalue weighted by Gasteiger charge is -2.12. The molecule has 0 radical (unpaired) electrons. The Bertz CT molecular complexity index is 680. The van der Waals surface area contributed by atoms with Crippen molar-refractivity contribution in [2.45, 2.75) is 18.8 Å². The van der Waals surface area contributed by atoms with E-state index in [1.165, 1.54) is 5.56 Å². The van der Waals surface area contributed by atoms with Gasteiger partial charge in [0.25, 0.3) is 0 Å². The Kier molecular flexibility index (Phi) is 3.17. The number of hydrogen-bond acceptors (Lipinski definition) is 2. The van der Waals surface area contributed by atoms with E-state index in [1.807, 2.05) is 12.1 Å². The minimum atomic E-state index is -0.122. The van der Waals surface area contributed by atoms with Crippen LogP contribution < -0.4 is 0 Å². The van der Waals surface area contributed by atoms with Gasteiger partial charge >= 0.3 is 0 Å². The maximum absolute atomic E-state index is 12.5. The fourth-order valence-electron chi connectivity index (χ4n) is 2.78. The molecule has 1 fully saturated rings. The largest absolute Gasteiger partial charge is 0.507 e. The molecular weight excluding hydrogens is 316 g/mol. The van der Waals surface area contributed by atoms with E-state index in [-0.39, 0.29) is 22.9 Å². The summed E-state index contributed by atoms with van der Waals surface area (Å²) >= 11 is 3.47. The number of Topliss-reactive ketones (excluding diaryl/α,β-unsaturated/α-hetero) is 1. The number of hydrogen-bond donors (Lipinski definition) is 1. The van der Waals surface area contributed by atoms with Gasteiger partial charge in [-0.3, -0.25) is 4.79 Å². The molecule has 1 saturated carbocycles. The van der Waals surface area contributed by atoms with E-state index in [2.05, 4.69) is 35.0 Å². The molecule has 3 rings (SSSR count). The average Bonchev–Trinajstić information content (AvgIpc) is 3.12. The molecule has 0 heterocycles. The lowest BCUT2D eigenvalue weighted by molar-refractivity contribution is 0.0956. The van der Waals surface area contributed by atoms with Gasteiger partial charge in [0.2, 0.25) is 0 Å². The van der Waals surface area contributed by atoms with Crippen molar-refractivity contribution in [3.05, 3.63) is 64.1 Å². The van der Waals surface area contributed by atoms with Gasteiger partial charge in [0, 0.05) is 15.8 Å². The Morgan fingerprint density at radius 3 is 2.70 bits per heavy atom. The highest BCUT2D eigenvalue weighted by molar-refractivity contribution is 9.10. The molecule has 2 aromatic rings. The predicted molar refractivity (Wildman–Crippen MR) is 82.0 cm³/mol. The number of aromatic hydroxyl groups is 1. The van der Waals surface area contributed by atoms with Crippen molar-refractivity contribution in [1.82, 2.24) is 0 Å². The maximum atomic E-state index is 12.5. The van der Waals surface area contributed by atoms with E-state index in [1.54, 1.807) is 24.3 Å². The van der Waals surface area contributed by atoms with Gasteiger partial charge in [-0.2, -0.15) is 0 Å². The van der Waals surface area contributed by atoms with Crippen molar-refractivity contribution in [3.8, 4) is 5.75 Å². The van der Waals surface area contributed by atoms with Crippen LogP contribution in [0, 0.1) is 5.92 Å². The van der Waals surface area contributed by atoms with E-state index in [0.29, 0.717) is 5.56 Å². The molecule has 20 heavy (non-hydrogen) atoms. The summed E-state index contributed by atoms with van der Waals surface area (Å²) in [7, 11) is 0. The van der Waals surface area contributed by atoms with Gasteiger partial charge in [0.1, 0.15) is 5.75 Å². The predicted octanol–water partition coefficient (Wildman–Crippen LogP) is 4.32. The summed E-state index contributed by atoms with van der Waals surface area (Å²) in [5.41, 5.74) is 1.47. The zero-order valence-corrected chi connectivity index (χ0v) is 12.7. The summed E-state index contributed by atoms with van der Waals surface area (Å²) in [5, 5.41) is 9.81. The highest BCUT2D eigenvalue weighted by Gasteiger charge is 2.55. The van der Waals surface area contributed by atoms with Crippen molar-refractivity contribution in [1.29, 1.82) is 0 Å². The highest BCUT2D eigenvalue weighted by atomic mass is 79.9. The Morgan fingerprint density at radius 2 is 2.00 bits per heavy atom. The summed E-state index contributed by atoms with van der Waals surface area (Å²) in [5.74, 6) is 0.0525. The number of phenols is 1. The third-order valence-corrected chi connectivity index (χ3v) is 4.70. The molecule has 1 N–H and O–H groups in total. The second-order valence-electron chi connectivity index (χ2n) is 5.57. The van der Waals surface area contributed by atoms with Crippen molar-refractivity contribution >= 4 is 21.7 Å². The summed E-state index contributed by atoms with van der Waals surface area (Å²) in [6.07, 6.45) is 0.830. The SMILES string of the molecule is C[C@]1(c2cccc(Br)c2)C[C@@H]1C(=O)c1ccccc1O. The number of ketones is 1. The minimum Gasteiger partial charge on any atom is -0.507 e. The smallest absolute Gasteiger partial charge is 0.170 e. The van der Waals surface area contributed by atoms with E-state index in [9.17, 15) is 9.90 Å². The first-order chi connectivity index (χ1) is 9.52. The molecule has 3 heteroatoms. The minimum absolute atomic E-state index is 0.0329. The molecule has 2 atom stereocenters. The third kappa shape index (κ3) is 2.16. The Labute approximate surface area is 126 Å². The Morgan fingerprint density at radius 1 is 1.25 bits per heavy atom. The molecule has 0 saturated heterocycles. The Hall–Kier alpha value is -1.61. The quantitative estimate of drug-likeness (QED) is 0.851. The molecule has 1 aliphatic rings. The topological polar surface area (TPSA) is 37.3 Å². The van der Waals surface area contributed by atoms with Crippen LogP contribution in [0.1, 0.15) is 29.3 Å². The second kappa shape index (κ2) is 4.74. The molecule has 2 aromatic carbocycles. The first-order valence-electron chi connectivity index (χ1n) is 6.60. The second-order valence-corrected chi connectivity index (χ2v) is 6.48. The van der Waals surface area contributed by atoms with Gasteiger partial charge in [-0.15, -0.1) is 0 Å². The van der Waals surface area contributed by atoms with Crippen LogP contribution in [0.4, 0.5) is 0 Å². The molecule has 1 aliphatic carbocycles. The van der Waals surface area contributed by atoms with Gasteiger partial charge < -0.3 is 5.11 Å². The number of carbonyl (C=O) groups excluding carboxylic acids is 1. The molecule has 0 amide bonds. The van der Waals surface area contributed by atoms with Crippen LogP contribution in [0.2, 0.25) is 0 Å². The fourth-order valence-corrected chi connectivity index (χ4v) is 3.18. The van der Waals surface area contributed by atoms with Crippen LogP contribution in [0.15, 0.2) is 53.0 Å². The number of phenolic OH excluding ortho intramolecular Hbond substituents is 1. The molecule has 0 aliphatic heterocycles. The van der Waals surface area contributed by atoms with Crippen molar-refractivity contribution in [3.63, 3.8) is 0 Å². The summed E-state index contributed by atoms with van der Waals surface area (Å²) in [4.78, 5) is 12.5. The zero-order valence-electron chi connectivity index (χ0n) is 11.1. The lowest BCUT2D eigenvalue weighted by Crippen LogP contribution is -2.12.